The van der Waals surface area contributed by atoms with Gasteiger partial charge in [-0.25, -0.2) is 9.97 Å². The molecule has 2 aromatic heterocycles. The highest BCUT2D eigenvalue weighted by Gasteiger charge is 2.24. The first-order valence-corrected chi connectivity index (χ1v) is 11.2. The average molecular weight is 425 g/mol. The molecule has 3 N–H and O–H groups in total. The largest absolute Gasteiger partial charge is 0.390 e. The average Bonchev–Trinajstić information content (AvgIpc) is 3.39. The Morgan fingerprint density at radius 3 is 2.90 bits per heavy atom. The highest BCUT2D eigenvalue weighted by Crippen LogP contribution is 2.35. The van der Waals surface area contributed by atoms with Gasteiger partial charge in [0.05, 0.1) is 22.5 Å². The number of aromatic nitrogens is 2. The van der Waals surface area contributed by atoms with Crippen LogP contribution < -0.4 is 10.2 Å². The molecule has 0 aliphatic carbocycles. The molecule has 29 heavy (non-hydrogen) atoms. The molecule has 0 radical (unpaired) electrons. The second kappa shape index (κ2) is 7.72. The third kappa shape index (κ3) is 3.60. The maximum atomic E-state index is 10.9. The number of anilines is 2. The van der Waals surface area contributed by atoms with E-state index in [9.17, 15) is 10.2 Å². The Morgan fingerprint density at radius 2 is 2.07 bits per heavy atom. The number of rotatable bonds is 5. The predicted molar refractivity (Wildman–Crippen MR) is 118 cm³/mol. The van der Waals surface area contributed by atoms with Crippen LogP contribution >= 0.6 is 22.7 Å². The monoisotopic (exact) mass is 424 g/mol. The second-order valence-electron chi connectivity index (χ2n) is 6.95. The lowest BCUT2D eigenvalue weighted by atomic mass is 10.00. The maximum Gasteiger partial charge on any atom is 0.207 e. The highest BCUT2D eigenvalue weighted by atomic mass is 32.1. The highest BCUT2D eigenvalue weighted by molar-refractivity contribution is 7.22. The number of para-hydroxylation sites is 1. The number of hydrogen-bond acceptors (Lipinski definition) is 8. The molecule has 8 heteroatoms. The molecule has 148 valence electrons. The zero-order valence-corrected chi connectivity index (χ0v) is 17.2. The van der Waals surface area contributed by atoms with Crippen molar-refractivity contribution in [1.82, 2.24) is 9.97 Å². The number of aliphatic hydroxyl groups is 2. The van der Waals surface area contributed by atoms with Gasteiger partial charge in [0.1, 0.15) is 5.01 Å². The first-order valence-electron chi connectivity index (χ1n) is 9.46. The van der Waals surface area contributed by atoms with E-state index in [-0.39, 0.29) is 6.61 Å². The van der Waals surface area contributed by atoms with Crippen LogP contribution in [0.2, 0.25) is 0 Å². The van der Waals surface area contributed by atoms with Gasteiger partial charge in [-0.15, -0.1) is 11.3 Å². The van der Waals surface area contributed by atoms with E-state index in [4.69, 9.17) is 0 Å². The summed E-state index contributed by atoms with van der Waals surface area (Å²) in [5.74, 6) is 0. The zero-order chi connectivity index (χ0) is 19.8. The molecule has 0 bridgehead atoms. The van der Waals surface area contributed by atoms with E-state index in [1.54, 1.807) is 0 Å². The van der Waals surface area contributed by atoms with Gasteiger partial charge < -0.3 is 20.4 Å². The summed E-state index contributed by atoms with van der Waals surface area (Å²) in [5.41, 5.74) is 4.82. The van der Waals surface area contributed by atoms with Crippen LogP contribution in [-0.4, -0.2) is 33.1 Å². The van der Waals surface area contributed by atoms with Gasteiger partial charge >= 0.3 is 0 Å². The third-order valence-electron chi connectivity index (χ3n) is 5.04. The number of thiazole rings is 2. The van der Waals surface area contributed by atoms with E-state index >= 15 is 0 Å². The minimum Gasteiger partial charge on any atom is -0.390 e. The van der Waals surface area contributed by atoms with E-state index in [1.807, 2.05) is 34.5 Å². The van der Waals surface area contributed by atoms with Gasteiger partial charge in [0, 0.05) is 23.2 Å². The fourth-order valence-corrected chi connectivity index (χ4v) is 5.31. The molecule has 0 spiro atoms. The molecule has 0 amide bonds. The first-order chi connectivity index (χ1) is 14.2. The summed E-state index contributed by atoms with van der Waals surface area (Å²) in [4.78, 5) is 11.0. The van der Waals surface area contributed by atoms with Gasteiger partial charge in [-0.1, -0.05) is 35.6 Å². The summed E-state index contributed by atoms with van der Waals surface area (Å²) >= 11 is 3.05. The van der Waals surface area contributed by atoms with E-state index in [0.717, 1.165) is 45.9 Å². The summed E-state index contributed by atoms with van der Waals surface area (Å²) in [6, 6.07) is 14.2. The molecule has 2 aromatic carbocycles. The molecular weight excluding hydrogens is 404 g/mol. The molecule has 1 unspecified atom stereocenters. The number of aryl methyl sites for hydroxylation is 1. The van der Waals surface area contributed by atoms with E-state index in [1.165, 1.54) is 28.2 Å². The van der Waals surface area contributed by atoms with Gasteiger partial charge in [-0.3, -0.25) is 0 Å². The smallest absolute Gasteiger partial charge is 0.207 e. The predicted octanol–water partition coefficient (Wildman–Crippen LogP) is 4.05. The Hall–Kier alpha value is -2.52. The zero-order valence-electron chi connectivity index (χ0n) is 15.6. The Bertz CT molecular complexity index is 1120. The van der Waals surface area contributed by atoms with Crippen molar-refractivity contribution in [1.29, 1.82) is 0 Å². The van der Waals surface area contributed by atoms with Crippen molar-refractivity contribution in [2.75, 3.05) is 16.8 Å². The molecule has 1 aliphatic rings. The Kier molecular flexibility index (Phi) is 4.92. The molecule has 0 saturated carbocycles. The molecule has 1 atom stereocenters. The minimum absolute atomic E-state index is 0.0572. The van der Waals surface area contributed by atoms with Crippen molar-refractivity contribution >= 4 is 43.7 Å². The Morgan fingerprint density at radius 1 is 1.17 bits per heavy atom. The van der Waals surface area contributed by atoms with Gasteiger partial charge in [0.2, 0.25) is 6.35 Å². The SMILES string of the molecule is OCc1csc(-c2ccc3c(c2)N(C(O)Nc2nc4ccccc4s2)CCC3)n1. The number of nitrogens with one attached hydrogen (secondary N) is 1. The van der Waals surface area contributed by atoms with Crippen molar-refractivity contribution in [3.63, 3.8) is 0 Å². The van der Waals surface area contributed by atoms with Crippen LogP contribution in [0.1, 0.15) is 17.7 Å². The normalized spacial score (nSPS) is 14.8. The van der Waals surface area contributed by atoms with Crippen molar-refractivity contribution in [2.45, 2.75) is 25.8 Å². The number of nitrogens with zero attached hydrogens (tertiary/aromatic N) is 3. The molecule has 6 nitrogen and oxygen atoms in total. The lowest BCUT2D eigenvalue weighted by Gasteiger charge is -2.35. The summed E-state index contributed by atoms with van der Waals surface area (Å²) < 4.78 is 1.09. The van der Waals surface area contributed by atoms with Crippen LogP contribution in [0, 0.1) is 0 Å². The van der Waals surface area contributed by atoms with Crippen molar-refractivity contribution in [2.24, 2.45) is 0 Å². The molecule has 1 aliphatic heterocycles. The Labute approximate surface area is 176 Å². The minimum atomic E-state index is -0.867. The lowest BCUT2D eigenvalue weighted by Crippen LogP contribution is -2.43. The summed E-state index contributed by atoms with van der Waals surface area (Å²) in [6.07, 6.45) is 1.10. The Balaban J connectivity index is 1.43. The van der Waals surface area contributed by atoms with Gasteiger partial charge in [-0.2, -0.15) is 0 Å². The number of benzene rings is 2. The van der Waals surface area contributed by atoms with Gasteiger partial charge in [0.25, 0.3) is 0 Å². The van der Waals surface area contributed by atoms with E-state index in [0.29, 0.717) is 10.8 Å². The van der Waals surface area contributed by atoms with Crippen LogP contribution in [0.15, 0.2) is 47.8 Å². The quantitative estimate of drug-likeness (QED) is 0.419. The van der Waals surface area contributed by atoms with E-state index in [2.05, 4.69) is 33.5 Å². The number of fused-ring (bicyclic) bond motifs is 2. The fourth-order valence-electron chi connectivity index (χ4n) is 3.62. The number of hydrogen-bond donors (Lipinski definition) is 3. The second-order valence-corrected chi connectivity index (χ2v) is 8.84. The molecular formula is C21H20N4O2S2. The topological polar surface area (TPSA) is 81.5 Å². The summed E-state index contributed by atoms with van der Waals surface area (Å²) in [6.45, 7) is 0.702. The summed E-state index contributed by atoms with van der Waals surface area (Å²) in [5, 5.41) is 26.8. The molecule has 0 saturated heterocycles. The third-order valence-corrected chi connectivity index (χ3v) is 6.95. The van der Waals surface area contributed by atoms with Crippen molar-refractivity contribution in [3.8, 4) is 10.6 Å². The molecule has 5 rings (SSSR count). The molecule has 4 aromatic rings. The summed E-state index contributed by atoms with van der Waals surface area (Å²) in [7, 11) is 0. The van der Waals surface area contributed by atoms with Crippen LogP contribution in [-0.2, 0) is 13.0 Å². The van der Waals surface area contributed by atoms with Crippen molar-refractivity contribution in [3.05, 3.63) is 59.1 Å². The van der Waals surface area contributed by atoms with Gasteiger partial charge in [0.15, 0.2) is 5.13 Å². The maximum absolute atomic E-state index is 10.9. The number of aliphatic hydroxyl groups excluding tert-OH is 2. The van der Waals surface area contributed by atoms with Crippen LogP contribution in [0.25, 0.3) is 20.8 Å². The first kappa shape index (κ1) is 18.5. The van der Waals surface area contributed by atoms with Crippen LogP contribution in [0.4, 0.5) is 10.8 Å². The lowest BCUT2D eigenvalue weighted by molar-refractivity contribution is 0.194. The molecule has 0 fully saturated rings. The molecule has 3 heterocycles. The van der Waals surface area contributed by atoms with Crippen molar-refractivity contribution < 1.29 is 10.2 Å². The standard InChI is InChI=1S/C21H20N4O2S2/c26-11-15-12-28-19(22-15)14-8-7-13-4-3-9-25(17(13)10-14)21(27)24-20-23-16-5-1-2-6-18(16)29-20/h1-2,5-8,10,12,21,26-27H,3-4,9,11H2,(H,23,24). The van der Waals surface area contributed by atoms with E-state index < -0.39 is 6.35 Å². The fraction of sp³-hybridized carbons (Fsp3) is 0.238. The van der Waals surface area contributed by atoms with Crippen LogP contribution in [0.5, 0.6) is 0 Å². The van der Waals surface area contributed by atoms with Crippen LogP contribution in [0.3, 0.4) is 0 Å². The van der Waals surface area contributed by atoms with Gasteiger partial charge in [-0.05, 0) is 36.6 Å².